The lowest BCUT2D eigenvalue weighted by molar-refractivity contribution is -0.127. The third-order valence-electron chi connectivity index (χ3n) is 4.41. The Hall–Kier alpha value is -3.08. The fourth-order valence-electron chi connectivity index (χ4n) is 2.86. The SMILES string of the molecule is C=CCNC(=NCC(=O)N(C)C)NCCC(c1ccccc1)c1ccccc1. The monoisotopic (exact) mass is 378 g/mol. The molecular weight excluding hydrogens is 348 g/mol. The molecule has 5 nitrogen and oxygen atoms in total. The second-order valence-electron chi connectivity index (χ2n) is 6.71. The third kappa shape index (κ3) is 6.91. The molecule has 2 N–H and O–H groups in total. The van der Waals surface area contributed by atoms with Crippen molar-refractivity contribution in [3.05, 3.63) is 84.4 Å². The average Bonchev–Trinajstić information content (AvgIpc) is 2.73. The van der Waals surface area contributed by atoms with Crippen LogP contribution >= 0.6 is 0 Å². The van der Waals surface area contributed by atoms with E-state index in [1.54, 1.807) is 20.2 Å². The smallest absolute Gasteiger partial charge is 0.243 e. The molecular formula is C23H30N4O. The van der Waals surface area contributed by atoms with E-state index in [1.807, 2.05) is 12.1 Å². The summed E-state index contributed by atoms with van der Waals surface area (Å²) in [5.41, 5.74) is 2.58. The van der Waals surface area contributed by atoms with E-state index in [-0.39, 0.29) is 12.5 Å². The number of amides is 1. The number of rotatable bonds is 9. The Balaban J connectivity index is 2.04. The molecule has 0 saturated carbocycles. The van der Waals surface area contributed by atoms with Crippen LogP contribution in [0.15, 0.2) is 78.3 Å². The van der Waals surface area contributed by atoms with Gasteiger partial charge in [-0.25, -0.2) is 4.99 Å². The summed E-state index contributed by atoms with van der Waals surface area (Å²) in [5, 5.41) is 6.51. The summed E-state index contributed by atoms with van der Waals surface area (Å²) in [6.45, 7) is 5.15. The molecule has 28 heavy (non-hydrogen) atoms. The molecule has 1 amide bonds. The van der Waals surface area contributed by atoms with Gasteiger partial charge in [0.1, 0.15) is 6.54 Å². The molecule has 5 heteroatoms. The minimum Gasteiger partial charge on any atom is -0.356 e. The number of nitrogens with one attached hydrogen (secondary N) is 2. The van der Waals surface area contributed by atoms with Gasteiger partial charge in [-0.2, -0.15) is 0 Å². The normalized spacial score (nSPS) is 11.2. The van der Waals surface area contributed by atoms with Crippen LogP contribution < -0.4 is 10.6 Å². The van der Waals surface area contributed by atoms with Gasteiger partial charge in [-0.1, -0.05) is 66.7 Å². The van der Waals surface area contributed by atoms with Gasteiger partial charge in [0, 0.05) is 33.1 Å². The predicted molar refractivity (Wildman–Crippen MR) is 117 cm³/mol. The van der Waals surface area contributed by atoms with Crippen LogP contribution in [0.4, 0.5) is 0 Å². The average molecular weight is 379 g/mol. The van der Waals surface area contributed by atoms with Crippen molar-refractivity contribution in [1.29, 1.82) is 0 Å². The molecule has 0 aliphatic carbocycles. The number of guanidine groups is 1. The number of likely N-dealkylation sites (N-methyl/N-ethyl adjacent to an activating group) is 1. The van der Waals surface area contributed by atoms with E-state index >= 15 is 0 Å². The van der Waals surface area contributed by atoms with E-state index in [9.17, 15) is 4.79 Å². The van der Waals surface area contributed by atoms with Gasteiger partial charge in [-0.3, -0.25) is 4.79 Å². The fraction of sp³-hybridized carbons (Fsp3) is 0.304. The lowest BCUT2D eigenvalue weighted by atomic mass is 9.88. The van der Waals surface area contributed by atoms with Gasteiger partial charge in [-0.05, 0) is 17.5 Å². The highest BCUT2D eigenvalue weighted by atomic mass is 16.2. The van der Waals surface area contributed by atoms with Crippen molar-refractivity contribution in [3.8, 4) is 0 Å². The largest absolute Gasteiger partial charge is 0.356 e. The highest BCUT2D eigenvalue weighted by Crippen LogP contribution is 2.27. The van der Waals surface area contributed by atoms with Crippen molar-refractivity contribution < 1.29 is 4.79 Å². The molecule has 0 radical (unpaired) electrons. The van der Waals surface area contributed by atoms with E-state index in [4.69, 9.17) is 0 Å². The Bertz CT molecular complexity index is 717. The van der Waals surface area contributed by atoms with Crippen LogP contribution in [0, 0.1) is 0 Å². The van der Waals surface area contributed by atoms with Gasteiger partial charge in [0.2, 0.25) is 5.91 Å². The standard InChI is InChI=1S/C23H30N4O/c1-4-16-24-23(26-18-22(28)27(2)3)25-17-15-21(19-11-7-5-8-12-19)20-13-9-6-10-14-20/h4-14,21H,1,15-18H2,2-3H3,(H2,24,25,26). The molecule has 0 aliphatic heterocycles. The van der Waals surface area contributed by atoms with Crippen molar-refractivity contribution in [2.45, 2.75) is 12.3 Å². The second-order valence-corrected chi connectivity index (χ2v) is 6.71. The maximum Gasteiger partial charge on any atom is 0.243 e. The molecule has 0 saturated heterocycles. The van der Waals surface area contributed by atoms with Crippen molar-refractivity contribution in [3.63, 3.8) is 0 Å². The van der Waals surface area contributed by atoms with Crippen molar-refractivity contribution >= 4 is 11.9 Å². The minimum absolute atomic E-state index is 0.0360. The molecule has 148 valence electrons. The Morgan fingerprint density at radius 1 is 1.04 bits per heavy atom. The quantitative estimate of drug-likeness (QED) is 0.401. The molecule has 0 heterocycles. The Morgan fingerprint density at radius 3 is 2.11 bits per heavy atom. The number of benzene rings is 2. The number of hydrogen-bond acceptors (Lipinski definition) is 2. The zero-order valence-corrected chi connectivity index (χ0v) is 16.8. The molecule has 0 aromatic heterocycles. The maximum atomic E-state index is 11.8. The molecule has 0 fully saturated rings. The Labute approximate surface area is 168 Å². The molecule has 0 unspecified atom stereocenters. The number of carbonyl (C=O) groups is 1. The first-order valence-corrected chi connectivity index (χ1v) is 9.55. The minimum atomic E-state index is -0.0360. The van der Waals surface area contributed by atoms with Crippen LogP contribution in [0.1, 0.15) is 23.5 Å². The zero-order chi connectivity index (χ0) is 20.2. The Morgan fingerprint density at radius 2 is 1.61 bits per heavy atom. The van der Waals surface area contributed by atoms with Crippen LogP contribution in [0.5, 0.6) is 0 Å². The van der Waals surface area contributed by atoms with Crippen LogP contribution in [0.3, 0.4) is 0 Å². The summed E-state index contributed by atoms with van der Waals surface area (Å²) in [7, 11) is 3.46. The molecule has 0 atom stereocenters. The summed E-state index contributed by atoms with van der Waals surface area (Å²) < 4.78 is 0. The van der Waals surface area contributed by atoms with Crippen LogP contribution in [0.2, 0.25) is 0 Å². The molecule has 2 rings (SSSR count). The predicted octanol–water partition coefficient (Wildman–Crippen LogP) is 3.02. The molecule has 2 aromatic rings. The molecule has 0 spiro atoms. The number of carbonyl (C=O) groups excluding carboxylic acids is 1. The van der Waals surface area contributed by atoms with Gasteiger partial charge >= 0.3 is 0 Å². The summed E-state index contributed by atoms with van der Waals surface area (Å²) in [5.74, 6) is 0.875. The zero-order valence-electron chi connectivity index (χ0n) is 16.8. The van der Waals surface area contributed by atoms with Crippen molar-refractivity contribution in [2.24, 2.45) is 4.99 Å². The summed E-state index contributed by atoms with van der Waals surface area (Å²) in [6, 6.07) is 21.0. The maximum absolute atomic E-state index is 11.8. The molecule has 2 aromatic carbocycles. The van der Waals surface area contributed by atoms with Crippen LogP contribution in [0.25, 0.3) is 0 Å². The second kappa shape index (κ2) is 11.6. The van der Waals surface area contributed by atoms with E-state index < -0.39 is 0 Å². The lowest BCUT2D eigenvalue weighted by Crippen LogP contribution is -2.39. The van der Waals surface area contributed by atoms with Gasteiger partial charge in [-0.15, -0.1) is 6.58 Å². The number of nitrogens with zero attached hydrogens (tertiary/aromatic N) is 2. The highest BCUT2D eigenvalue weighted by molar-refractivity contribution is 5.84. The van der Waals surface area contributed by atoms with Crippen molar-refractivity contribution in [2.75, 3.05) is 33.7 Å². The first kappa shape index (κ1) is 21.2. The van der Waals surface area contributed by atoms with E-state index in [1.165, 1.54) is 16.0 Å². The van der Waals surface area contributed by atoms with Gasteiger partial charge in [0.15, 0.2) is 5.96 Å². The summed E-state index contributed by atoms with van der Waals surface area (Å²) in [4.78, 5) is 17.7. The third-order valence-corrected chi connectivity index (χ3v) is 4.41. The highest BCUT2D eigenvalue weighted by Gasteiger charge is 2.14. The lowest BCUT2D eigenvalue weighted by Gasteiger charge is -2.19. The molecule has 0 aliphatic rings. The topological polar surface area (TPSA) is 56.7 Å². The van der Waals surface area contributed by atoms with E-state index in [0.717, 1.165) is 13.0 Å². The van der Waals surface area contributed by atoms with Crippen molar-refractivity contribution in [1.82, 2.24) is 15.5 Å². The summed E-state index contributed by atoms with van der Waals surface area (Å²) in [6.07, 6.45) is 2.67. The Kier molecular flexibility index (Phi) is 8.79. The van der Waals surface area contributed by atoms with Gasteiger partial charge < -0.3 is 15.5 Å². The first-order valence-electron chi connectivity index (χ1n) is 9.55. The number of aliphatic imine (C=N–C) groups is 1. The van der Waals surface area contributed by atoms with Crippen LogP contribution in [-0.4, -0.2) is 50.5 Å². The van der Waals surface area contributed by atoms with Crippen LogP contribution in [-0.2, 0) is 4.79 Å². The van der Waals surface area contributed by atoms with Gasteiger partial charge in [0.05, 0.1) is 0 Å². The van der Waals surface area contributed by atoms with E-state index in [0.29, 0.717) is 18.4 Å². The first-order chi connectivity index (χ1) is 13.6. The molecule has 0 bridgehead atoms. The van der Waals surface area contributed by atoms with Gasteiger partial charge in [0.25, 0.3) is 0 Å². The number of hydrogen-bond donors (Lipinski definition) is 2. The summed E-state index contributed by atoms with van der Waals surface area (Å²) >= 11 is 0. The van der Waals surface area contributed by atoms with E-state index in [2.05, 4.69) is 70.7 Å². The fourth-order valence-corrected chi connectivity index (χ4v) is 2.86.